The Bertz CT molecular complexity index is 762. The van der Waals surface area contributed by atoms with Gasteiger partial charge in [-0.05, 0) is 62.6 Å². The van der Waals surface area contributed by atoms with Gasteiger partial charge in [0.15, 0.2) is 6.61 Å². The third kappa shape index (κ3) is 4.93. The van der Waals surface area contributed by atoms with Crippen LogP contribution in [0.15, 0.2) is 39.9 Å². The average Bonchev–Trinajstić information content (AvgIpc) is 2.51. The monoisotopic (exact) mass is 388 g/mol. The molecule has 0 aliphatic heterocycles. The van der Waals surface area contributed by atoms with Crippen LogP contribution in [-0.2, 0) is 4.79 Å². The predicted molar refractivity (Wildman–Crippen MR) is 101 cm³/mol. The number of carbonyl (C=O) groups is 1. The molecule has 24 heavy (non-hydrogen) atoms. The van der Waals surface area contributed by atoms with Gasteiger partial charge in [-0.1, -0.05) is 33.6 Å². The van der Waals surface area contributed by atoms with Crippen molar-refractivity contribution < 1.29 is 9.53 Å². The molecule has 0 heterocycles. The number of ether oxygens (including phenoxy) is 1. The minimum Gasteiger partial charge on any atom is -0.484 e. The molecular formula is C19H21BrN2O2. The van der Waals surface area contributed by atoms with Gasteiger partial charge in [0.2, 0.25) is 0 Å². The van der Waals surface area contributed by atoms with Crippen molar-refractivity contribution in [1.82, 2.24) is 5.43 Å². The topological polar surface area (TPSA) is 50.7 Å². The standard InChI is InChI=1S/C19H21BrN2O2/c1-12-7-13(2)17(14(3)8-12)10-21-22-19(23)11-24-16-5-6-18(20)15(4)9-16/h5-10H,11H2,1-4H3,(H,22,23). The SMILES string of the molecule is Cc1cc(C)c(C=NNC(=O)COc2ccc(Br)c(C)c2)c(C)c1. The third-order valence-electron chi connectivity index (χ3n) is 3.62. The highest BCUT2D eigenvalue weighted by molar-refractivity contribution is 9.10. The first-order valence-corrected chi connectivity index (χ1v) is 8.45. The highest BCUT2D eigenvalue weighted by atomic mass is 79.9. The smallest absolute Gasteiger partial charge is 0.277 e. The van der Waals surface area contributed by atoms with E-state index in [4.69, 9.17) is 4.74 Å². The Morgan fingerprint density at radius 3 is 2.42 bits per heavy atom. The Balaban J connectivity index is 1.90. The molecule has 0 aliphatic rings. The number of aryl methyl sites for hydroxylation is 4. The van der Waals surface area contributed by atoms with Crippen molar-refractivity contribution in [2.45, 2.75) is 27.7 Å². The van der Waals surface area contributed by atoms with E-state index in [-0.39, 0.29) is 12.5 Å². The van der Waals surface area contributed by atoms with Crippen LogP contribution in [0.5, 0.6) is 5.75 Å². The summed E-state index contributed by atoms with van der Waals surface area (Å²) in [6.45, 7) is 8.01. The zero-order chi connectivity index (χ0) is 17.7. The van der Waals surface area contributed by atoms with Crippen molar-refractivity contribution in [3.8, 4) is 5.75 Å². The lowest BCUT2D eigenvalue weighted by Gasteiger charge is -2.08. The number of amides is 1. The molecule has 5 heteroatoms. The van der Waals surface area contributed by atoms with Crippen molar-refractivity contribution in [1.29, 1.82) is 0 Å². The normalized spacial score (nSPS) is 10.9. The Morgan fingerprint density at radius 2 is 1.79 bits per heavy atom. The van der Waals surface area contributed by atoms with Gasteiger partial charge in [-0.2, -0.15) is 5.10 Å². The molecular weight excluding hydrogens is 368 g/mol. The number of halogens is 1. The molecule has 0 unspecified atom stereocenters. The molecule has 1 amide bonds. The van der Waals surface area contributed by atoms with Crippen molar-refractivity contribution in [3.05, 3.63) is 62.6 Å². The van der Waals surface area contributed by atoms with Crippen LogP contribution >= 0.6 is 15.9 Å². The average molecular weight is 389 g/mol. The summed E-state index contributed by atoms with van der Waals surface area (Å²) < 4.78 is 6.47. The maximum atomic E-state index is 11.8. The van der Waals surface area contributed by atoms with Crippen LogP contribution in [0.2, 0.25) is 0 Å². The maximum absolute atomic E-state index is 11.8. The molecule has 0 aliphatic carbocycles. The number of hydrogen-bond donors (Lipinski definition) is 1. The van der Waals surface area contributed by atoms with Crippen molar-refractivity contribution in [3.63, 3.8) is 0 Å². The molecule has 2 rings (SSSR count). The first kappa shape index (κ1) is 18.2. The number of carbonyl (C=O) groups excluding carboxylic acids is 1. The molecule has 2 aromatic rings. The first-order chi connectivity index (χ1) is 11.4. The summed E-state index contributed by atoms with van der Waals surface area (Å²) >= 11 is 3.43. The second kappa shape index (κ2) is 8.11. The summed E-state index contributed by atoms with van der Waals surface area (Å²) in [5, 5.41) is 4.02. The Labute approximate surface area is 151 Å². The van der Waals surface area contributed by atoms with Crippen LogP contribution in [-0.4, -0.2) is 18.7 Å². The van der Waals surface area contributed by atoms with Crippen LogP contribution in [0, 0.1) is 27.7 Å². The fraction of sp³-hybridized carbons (Fsp3) is 0.263. The maximum Gasteiger partial charge on any atom is 0.277 e. The van der Waals surface area contributed by atoms with Gasteiger partial charge in [-0.3, -0.25) is 4.79 Å². The van der Waals surface area contributed by atoms with Crippen molar-refractivity contribution in [2.24, 2.45) is 5.10 Å². The molecule has 0 saturated carbocycles. The molecule has 0 spiro atoms. The van der Waals surface area contributed by atoms with Crippen LogP contribution in [0.4, 0.5) is 0 Å². The number of nitrogens with one attached hydrogen (secondary N) is 1. The summed E-state index contributed by atoms with van der Waals surface area (Å²) in [6, 6.07) is 9.76. The second-order valence-corrected chi connectivity index (χ2v) is 6.66. The minimum absolute atomic E-state index is 0.0791. The molecule has 4 nitrogen and oxygen atoms in total. The van der Waals surface area contributed by atoms with E-state index < -0.39 is 0 Å². The van der Waals surface area contributed by atoms with E-state index in [0.717, 1.165) is 26.7 Å². The molecule has 2 aromatic carbocycles. The van der Waals surface area contributed by atoms with Gasteiger partial charge in [0, 0.05) is 10.0 Å². The molecule has 0 radical (unpaired) electrons. The second-order valence-electron chi connectivity index (χ2n) is 5.81. The largest absolute Gasteiger partial charge is 0.484 e. The van der Waals surface area contributed by atoms with E-state index in [1.807, 2.05) is 39.0 Å². The molecule has 0 aromatic heterocycles. The number of benzene rings is 2. The third-order valence-corrected chi connectivity index (χ3v) is 4.51. The minimum atomic E-state index is -0.297. The van der Waals surface area contributed by atoms with Gasteiger partial charge in [0.1, 0.15) is 5.75 Å². The summed E-state index contributed by atoms with van der Waals surface area (Å²) in [5.74, 6) is 0.356. The fourth-order valence-corrected chi connectivity index (χ4v) is 2.70. The molecule has 126 valence electrons. The van der Waals surface area contributed by atoms with Gasteiger partial charge in [0.25, 0.3) is 5.91 Å². The van der Waals surface area contributed by atoms with E-state index in [1.165, 1.54) is 5.56 Å². The quantitative estimate of drug-likeness (QED) is 0.615. The fourth-order valence-electron chi connectivity index (χ4n) is 2.45. The van der Waals surface area contributed by atoms with Crippen molar-refractivity contribution in [2.75, 3.05) is 6.61 Å². The van der Waals surface area contributed by atoms with Crippen LogP contribution in [0.25, 0.3) is 0 Å². The Kier molecular flexibility index (Phi) is 6.15. The lowest BCUT2D eigenvalue weighted by atomic mass is 10.0. The summed E-state index contributed by atoms with van der Waals surface area (Å²) in [6.07, 6.45) is 1.67. The van der Waals surface area contributed by atoms with E-state index >= 15 is 0 Å². The van der Waals surface area contributed by atoms with Crippen molar-refractivity contribution >= 4 is 28.1 Å². The van der Waals surface area contributed by atoms with Crippen LogP contribution in [0.3, 0.4) is 0 Å². The van der Waals surface area contributed by atoms with Crippen LogP contribution in [0.1, 0.15) is 27.8 Å². The first-order valence-electron chi connectivity index (χ1n) is 7.65. The highest BCUT2D eigenvalue weighted by Crippen LogP contribution is 2.21. The molecule has 0 atom stereocenters. The molecule has 1 N–H and O–H groups in total. The number of rotatable bonds is 5. The lowest BCUT2D eigenvalue weighted by molar-refractivity contribution is -0.123. The zero-order valence-electron chi connectivity index (χ0n) is 14.3. The number of hydrazone groups is 1. The van der Waals surface area contributed by atoms with Crippen LogP contribution < -0.4 is 10.2 Å². The molecule has 0 fully saturated rings. The summed E-state index contributed by atoms with van der Waals surface area (Å²) in [5.41, 5.74) is 8.04. The number of nitrogens with zero attached hydrogens (tertiary/aromatic N) is 1. The van der Waals surface area contributed by atoms with Gasteiger partial charge >= 0.3 is 0 Å². The predicted octanol–water partition coefficient (Wildman–Crippen LogP) is 4.21. The summed E-state index contributed by atoms with van der Waals surface area (Å²) in [7, 11) is 0. The van der Waals surface area contributed by atoms with E-state index in [2.05, 4.69) is 45.5 Å². The van der Waals surface area contributed by atoms with Gasteiger partial charge in [-0.15, -0.1) is 0 Å². The Morgan fingerprint density at radius 1 is 1.12 bits per heavy atom. The van der Waals surface area contributed by atoms with E-state index in [9.17, 15) is 4.79 Å². The zero-order valence-corrected chi connectivity index (χ0v) is 15.9. The molecule has 0 saturated heterocycles. The molecule has 0 bridgehead atoms. The Hall–Kier alpha value is -2.14. The van der Waals surface area contributed by atoms with Gasteiger partial charge in [-0.25, -0.2) is 5.43 Å². The van der Waals surface area contributed by atoms with E-state index in [1.54, 1.807) is 6.21 Å². The number of hydrogen-bond acceptors (Lipinski definition) is 3. The van der Waals surface area contributed by atoms with Gasteiger partial charge in [0.05, 0.1) is 6.21 Å². The summed E-state index contributed by atoms with van der Waals surface area (Å²) in [4.78, 5) is 11.8. The lowest BCUT2D eigenvalue weighted by Crippen LogP contribution is -2.24. The van der Waals surface area contributed by atoms with Gasteiger partial charge < -0.3 is 4.74 Å². The van der Waals surface area contributed by atoms with E-state index in [0.29, 0.717) is 5.75 Å². The highest BCUT2D eigenvalue weighted by Gasteiger charge is 2.04.